The molecule has 1 saturated heterocycles. The maximum absolute atomic E-state index is 12.6. The number of carbonyl (C=O) groups excluding carboxylic acids is 2. The number of nitrogens with one attached hydrogen (secondary N) is 2. The second-order valence-electron chi connectivity index (χ2n) is 6.38. The third-order valence-corrected chi connectivity index (χ3v) is 4.79. The summed E-state index contributed by atoms with van der Waals surface area (Å²) in [6.07, 6.45) is 0. The normalized spacial score (nSPS) is 15.4. The van der Waals surface area contributed by atoms with Gasteiger partial charge in [-0.15, -0.1) is 0 Å². The van der Waals surface area contributed by atoms with Gasteiger partial charge in [0.05, 0.1) is 5.92 Å². The van der Waals surface area contributed by atoms with Gasteiger partial charge in [0, 0.05) is 42.5 Å². The predicted octanol–water partition coefficient (Wildman–Crippen LogP) is 3.13. The lowest BCUT2D eigenvalue weighted by molar-refractivity contribution is -0.133. The van der Waals surface area contributed by atoms with Gasteiger partial charge in [-0.25, -0.2) is 0 Å². The molecule has 0 radical (unpaired) electrons. The first-order chi connectivity index (χ1) is 12.5. The van der Waals surface area contributed by atoms with E-state index in [0.717, 1.165) is 31.7 Å². The predicted molar refractivity (Wildman–Crippen MR) is 104 cm³/mol. The topological polar surface area (TPSA) is 61.4 Å². The SMILES string of the molecule is CC(C(=O)N1CCNCC1)c1ccc(NC(=O)c2cccc(Cl)c2)cc1. The largest absolute Gasteiger partial charge is 0.340 e. The minimum atomic E-state index is -0.217. The number of hydrogen-bond acceptors (Lipinski definition) is 3. The van der Waals surface area contributed by atoms with E-state index in [4.69, 9.17) is 11.6 Å². The Balaban J connectivity index is 1.64. The van der Waals surface area contributed by atoms with Gasteiger partial charge in [0.15, 0.2) is 0 Å². The zero-order chi connectivity index (χ0) is 18.5. The van der Waals surface area contributed by atoms with Gasteiger partial charge in [0.25, 0.3) is 5.91 Å². The fourth-order valence-electron chi connectivity index (χ4n) is 2.99. The van der Waals surface area contributed by atoms with E-state index in [1.807, 2.05) is 36.1 Å². The lowest BCUT2D eigenvalue weighted by Gasteiger charge is -2.30. The smallest absolute Gasteiger partial charge is 0.255 e. The molecule has 3 rings (SSSR count). The Morgan fingerprint density at radius 3 is 2.46 bits per heavy atom. The third-order valence-electron chi connectivity index (χ3n) is 4.55. The summed E-state index contributed by atoms with van der Waals surface area (Å²) in [5.74, 6) is -0.279. The number of piperazine rings is 1. The van der Waals surface area contributed by atoms with Gasteiger partial charge in [-0.05, 0) is 42.8 Å². The molecule has 2 aromatic carbocycles. The van der Waals surface area contributed by atoms with Gasteiger partial charge in [0.2, 0.25) is 5.91 Å². The molecule has 1 aliphatic heterocycles. The van der Waals surface area contributed by atoms with Crippen molar-refractivity contribution in [2.75, 3.05) is 31.5 Å². The average molecular weight is 372 g/mol. The van der Waals surface area contributed by atoms with Crippen LogP contribution in [0.1, 0.15) is 28.8 Å². The van der Waals surface area contributed by atoms with E-state index in [1.54, 1.807) is 24.3 Å². The number of anilines is 1. The minimum Gasteiger partial charge on any atom is -0.340 e. The molecular formula is C20H22ClN3O2. The Hall–Kier alpha value is -2.37. The zero-order valence-electron chi connectivity index (χ0n) is 14.7. The number of rotatable bonds is 4. The highest BCUT2D eigenvalue weighted by atomic mass is 35.5. The molecule has 2 N–H and O–H groups in total. The number of benzene rings is 2. The first-order valence-electron chi connectivity index (χ1n) is 8.71. The van der Waals surface area contributed by atoms with Crippen LogP contribution < -0.4 is 10.6 Å². The van der Waals surface area contributed by atoms with Crippen molar-refractivity contribution in [2.24, 2.45) is 0 Å². The lowest BCUT2D eigenvalue weighted by Crippen LogP contribution is -2.47. The Morgan fingerprint density at radius 1 is 1.12 bits per heavy atom. The Morgan fingerprint density at radius 2 is 1.81 bits per heavy atom. The molecule has 0 aromatic heterocycles. The van der Waals surface area contributed by atoms with Gasteiger partial charge in [0.1, 0.15) is 0 Å². The maximum Gasteiger partial charge on any atom is 0.255 e. The van der Waals surface area contributed by atoms with Crippen LogP contribution >= 0.6 is 11.6 Å². The summed E-state index contributed by atoms with van der Waals surface area (Å²) in [6, 6.07) is 14.2. The molecule has 0 spiro atoms. The molecule has 2 aromatic rings. The summed E-state index contributed by atoms with van der Waals surface area (Å²) in [5.41, 5.74) is 2.12. The van der Waals surface area contributed by atoms with Gasteiger partial charge in [-0.2, -0.15) is 0 Å². The summed E-state index contributed by atoms with van der Waals surface area (Å²) >= 11 is 5.92. The molecule has 1 atom stereocenters. The second-order valence-corrected chi connectivity index (χ2v) is 6.82. The fourth-order valence-corrected chi connectivity index (χ4v) is 3.18. The first kappa shape index (κ1) is 18.4. The van der Waals surface area contributed by atoms with E-state index >= 15 is 0 Å². The molecule has 26 heavy (non-hydrogen) atoms. The van der Waals surface area contributed by atoms with Crippen LogP contribution in [0, 0.1) is 0 Å². The molecule has 2 amide bonds. The van der Waals surface area contributed by atoms with E-state index < -0.39 is 0 Å². The molecule has 136 valence electrons. The van der Waals surface area contributed by atoms with E-state index in [1.165, 1.54) is 0 Å². The molecule has 1 unspecified atom stereocenters. The van der Waals surface area contributed by atoms with Crippen LogP contribution in [0.4, 0.5) is 5.69 Å². The lowest BCUT2D eigenvalue weighted by atomic mass is 9.99. The zero-order valence-corrected chi connectivity index (χ0v) is 15.4. The van der Waals surface area contributed by atoms with Gasteiger partial charge in [-0.1, -0.05) is 29.8 Å². The molecule has 0 aliphatic carbocycles. The number of halogens is 1. The second kappa shape index (κ2) is 8.34. The Bertz CT molecular complexity index is 786. The highest BCUT2D eigenvalue weighted by Gasteiger charge is 2.23. The van der Waals surface area contributed by atoms with E-state index in [9.17, 15) is 9.59 Å². The fraction of sp³-hybridized carbons (Fsp3) is 0.300. The van der Waals surface area contributed by atoms with Crippen LogP contribution in [0.2, 0.25) is 5.02 Å². The molecule has 1 fully saturated rings. The Labute approximate surface area is 158 Å². The standard InChI is InChI=1S/C20H22ClN3O2/c1-14(20(26)24-11-9-22-10-12-24)15-5-7-18(8-6-15)23-19(25)16-3-2-4-17(21)13-16/h2-8,13-14,22H,9-12H2,1H3,(H,23,25). The molecule has 6 heteroatoms. The van der Waals surface area contributed by atoms with Gasteiger partial charge < -0.3 is 15.5 Å². The average Bonchev–Trinajstić information content (AvgIpc) is 2.68. The van der Waals surface area contributed by atoms with Crippen LogP contribution in [0.5, 0.6) is 0 Å². The van der Waals surface area contributed by atoms with Gasteiger partial charge >= 0.3 is 0 Å². The first-order valence-corrected chi connectivity index (χ1v) is 9.09. The summed E-state index contributed by atoms with van der Waals surface area (Å²) in [4.78, 5) is 26.8. The van der Waals surface area contributed by atoms with E-state index in [0.29, 0.717) is 16.3 Å². The van der Waals surface area contributed by atoms with E-state index in [2.05, 4.69) is 10.6 Å². The monoisotopic (exact) mass is 371 g/mol. The number of nitrogens with zero attached hydrogens (tertiary/aromatic N) is 1. The van der Waals surface area contributed by atoms with Crippen molar-refractivity contribution < 1.29 is 9.59 Å². The van der Waals surface area contributed by atoms with Crippen LogP contribution in [-0.2, 0) is 4.79 Å². The molecule has 0 saturated carbocycles. The van der Waals surface area contributed by atoms with Crippen LogP contribution in [0.15, 0.2) is 48.5 Å². The van der Waals surface area contributed by atoms with Crippen molar-refractivity contribution in [2.45, 2.75) is 12.8 Å². The number of amides is 2. The van der Waals surface area contributed by atoms with Crippen molar-refractivity contribution in [1.82, 2.24) is 10.2 Å². The maximum atomic E-state index is 12.6. The molecule has 1 aliphatic rings. The highest BCUT2D eigenvalue weighted by molar-refractivity contribution is 6.31. The minimum absolute atomic E-state index is 0.141. The van der Waals surface area contributed by atoms with Crippen LogP contribution in [0.25, 0.3) is 0 Å². The van der Waals surface area contributed by atoms with Crippen molar-refractivity contribution in [1.29, 1.82) is 0 Å². The Kier molecular flexibility index (Phi) is 5.91. The van der Waals surface area contributed by atoms with E-state index in [-0.39, 0.29) is 17.7 Å². The van der Waals surface area contributed by atoms with Crippen molar-refractivity contribution >= 4 is 29.1 Å². The summed E-state index contributed by atoms with van der Waals surface area (Å²) in [7, 11) is 0. The van der Waals surface area contributed by atoms with Gasteiger partial charge in [-0.3, -0.25) is 9.59 Å². The highest BCUT2D eigenvalue weighted by Crippen LogP contribution is 2.21. The summed E-state index contributed by atoms with van der Waals surface area (Å²) in [6.45, 7) is 5.09. The molecule has 1 heterocycles. The van der Waals surface area contributed by atoms with Crippen molar-refractivity contribution in [3.63, 3.8) is 0 Å². The summed E-state index contributed by atoms with van der Waals surface area (Å²) < 4.78 is 0. The molecule has 0 bridgehead atoms. The molecule has 5 nitrogen and oxygen atoms in total. The number of hydrogen-bond donors (Lipinski definition) is 2. The van der Waals surface area contributed by atoms with Crippen molar-refractivity contribution in [3.05, 3.63) is 64.7 Å². The third kappa shape index (κ3) is 4.42. The quantitative estimate of drug-likeness (QED) is 0.868. The van der Waals surface area contributed by atoms with Crippen LogP contribution in [0.3, 0.4) is 0 Å². The van der Waals surface area contributed by atoms with Crippen LogP contribution in [-0.4, -0.2) is 42.9 Å². The molecular weight excluding hydrogens is 350 g/mol. The number of carbonyl (C=O) groups is 2. The van der Waals surface area contributed by atoms with Crippen molar-refractivity contribution in [3.8, 4) is 0 Å². The summed E-state index contributed by atoms with van der Waals surface area (Å²) in [5, 5.41) is 6.61.